The van der Waals surface area contributed by atoms with E-state index in [2.05, 4.69) is 0 Å². The van der Waals surface area contributed by atoms with Crippen molar-refractivity contribution in [1.29, 1.82) is 0 Å². The molecule has 2 N–H and O–H groups in total. The Balaban J connectivity index is 1.76. The molecule has 0 radical (unpaired) electrons. The fourth-order valence-corrected chi connectivity index (χ4v) is 2.78. The first-order valence-corrected chi connectivity index (χ1v) is 7.93. The summed E-state index contributed by atoms with van der Waals surface area (Å²) in [6.07, 6.45) is 0.578. The van der Waals surface area contributed by atoms with E-state index < -0.39 is 6.04 Å². The van der Waals surface area contributed by atoms with E-state index in [4.69, 9.17) is 10.5 Å². The average molecular weight is 319 g/mol. The molecule has 1 aromatic rings. The number of likely N-dealkylation sites (tertiary alicyclic amines) is 1. The Morgan fingerprint density at radius 3 is 2.74 bits per heavy atom. The monoisotopic (exact) mass is 319 g/mol. The van der Waals surface area contributed by atoms with Crippen molar-refractivity contribution in [2.45, 2.75) is 26.0 Å². The van der Waals surface area contributed by atoms with E-state index in [0.29, 0.717) is 19.6 Å². The Kier molecular flexibility index (Phi) is 5.98. The highest BCUT2D eigenvalue weighted by atomic mass is 16.6. The summed E-state index contributed by atoms with van der Waals surface area (Å²) in [4.78, 5) is 27.2. The van der Waals surface area contributed by atoms with E-state index in [1.165, 1.54) is 0 Å². The van der Waals surface area contributed by atoms with Crippen molar-refractivity contribution in [3.8, 4) is 0 Å². The molecule has 0 aromatic heterocycles. The zero-order valence-electron chi connectivity index (χ0n) is 13.8. The van der Waals surface area contributed by atoms with Gasteiger partial charge in [-0.25, -0.2) is 4.79 Å². The molecule has 0 unspecified atom stereocenters. The molecule has 0 saturated carbocycles. The molecule has 1 aliphatic heterocycles. The number of ether oxygens (including phenoxy) is 1. The van der Waals surface area contributed by atoms with Gasteiger partial charge in [-0.3, -0.25) is 4.79 Å². The molecule has 0 aliphatic carbocycles. The lowest BCUT2D eigenvalue weighted by atomic mass is 10.1. The molecule has 1 fully saturated rings. The number of nitrogens with two attached hydrogens (primary N) is 1. The molecule has 6 heteroatoms. The van der Waals surface area contributed by atoms with Crippen LogP contribution in [-0.2, 0) is 16.1 Å². The fraction of sp³-hybridized carbons (Fsp3) is 0.529. The van der Waals surface area contributed by atoms with E-state index in [-0.39, 0.29) is 24.5 Å². The topological polar surface area (TPSA) is 75.9 Å². The average Bonchev–Trinajstić information content (AvgIpc) is 3.01. The van der Waals surface area contributed by atoms with Gasteiger partial charge in [0.25, 0.3) is 0 Å². The maximum absolute atomic E-state index is 12.1. The highest BCUT2D eigenvalue weighted by Gasteiger charge is 2.29. The maximum atomic E-state index is 12.1. The number of rotatable bonds is 5. The second-order valence-electron chi connectivity index (χ2n) is 6.15. The number of hydrogen-bond acceptors (Lipinski definition) is 4. The van der Waals surface area contributed by atoms with Crippen molar-refractivity contribution in [2.75, 3.05) is 26.7 Å². The van der Waals surface area contributed by atoms with Gasteiger partial charge in [-0.1, -0.05) is 30.3 Å². The molecule has 1 heterocycles. The summed E-state index contributed by atoms with van der Waals surface area (Å²) in [5, 5.41) is 0. The van der Waals surface area contributed by atoms with Crippen LogP contribution < -0.4 is 5.73 Å². The Bertz CT molecular complexity index is 533. The van der Waals surface area contributed by atoms with Gasteiger partial charge in [0.1, 0.15) is 6.61 Å². The molecule has 2 rings (SSSR count). The lowest BCUT2D eigenvalue weighted by molar-refractivity contribution is -0.131. The number of carbonyl (C=O) groups is 2. The molecule has 23 heavy (non-hydrogen) atoms. The first-order chi connectivity index (χ1) is 11.0. The van der Waals surface area contributed by atoms with Gasteiger partial charge in [-0.2, -0.15) is 0 Å². The first kappa shape index (κ1) is 17.3. The lowest BCUT2D eigenvalue weighted by Crippen LogP contribution is -2.42. The van der Waals surface area contributed by atoms with Gasteiger partial charge < -0.3 is 20.3 Å². The Labute approximate surface area is 137 Å². The van der Waals surface area contributed by atoms with Crippen molar-refractivity contribution in [3.63, 3.8) is 0 Å². The van der Waals surface area contributed by atoms with Crippen molar-refractivity contribution in [3.05, 3.63) is 35.9 Å². The minimum atomic E-state index is -0.492. The standard InChI is InChI=1S/C17H25N3O3/c1-13(18)16(21)19(2)10-15-8-9-20(11-15)17(22)23-12-14-6-4-3-5-7-14/h3-7,13,15H,8-12,18H2,1-2H3/t13-,15+/m0/s1. The van der Waals surface area contributed by atoms with Gasteiger partial charge in [-0.05, 0) is 24.8 Å². The third-order valence-corrected chi connectivity index (χ3v) is 4.05. The molecule has 0 spiro atoms. The summed E-state index contributed by atoms with van der Waals surface area (Å²) in [5.74, 6) is 0.196. The minimum absolute atomic E-state index is 0.0740. The molecule has 2 atom stereocenters. The molecule has 0 bridgehead atoms. The van der Waals surface area contributed by atoms with Crippen LogP contribution in [0.5, 0.6) is 0 Å². The van der Waals surface area contributed by atoms with Crippen LogP contribution >= 0.6 is 0 Å². The summed E-state index contributed by atoms with van der Waals surface area (Å²) in [5.41, 5.74) is 6.58. The molecule has 1 aromatic carbocycles. The Morgan fingerprint density at radius 1 is 1.39 bits per heavy atom. The summed E-state index contributed by atoms with van der Waals surface area (Å²) in [6.45, 7) is 3.86. The summed E-state index contributed by atoms with van der Waals surface area (Å²) < 4.78 is 5.34. The van der Waals surface area contributed by atoms with Crippen LogP contribution in [0.3, 0.4) is 0 Å². The largest absolute Gasteiger partial charge is 0.445 e. The summed E-state index contributed by atoms with van der Waals surface area (Å²) >= 11 is 0. The van der Waals surface area contributed by atoms with E-state index in [1.807, 2.05) is 30.3 Å². The van der Waals surface area contributed by atoms with Gasteiger partial charge in [-0.15, -0.1) is 0 Å². The molecule has 6 nitrogen and oxygen atoms in total. The summed E-state index contributed by atoms with van der Waals surface area (Å²) in [6, 6.07) is 9.12. The van der Waals surface area contributed by atoms with Crippen LogP contribution in [0.15, 0.2) is 30.3 Å². The van der Waals surface area contributed by atoms with Gasteiger partial charge >= 0.3 is 6.09 Å². The van der Waals surface area contributed by atoms with Crippen LogP contribution in [0.25, 0.3) is 0 Å². The molecular weight excluding hydrogens is 294 g/mol. The second kappa shape index (κ2) is 7.97. The number of carbonyl (C=O) groups excluding carboxylic acids is 2. The number of hydrogen-bond donors (Lipinski definition) is 1. The number of amides is 2. The number of nitrogens with zero attached hydrogens (tertiary/aromatic N) is 2. The van der Waals surface area contributed by atoms with E-state index in [0.717, 1.165) is 12.0 Å². The quantitative estimate of drug-likeness (QED) is 0.891. The number of benzene rings is 1. The fourth-order valence-electron chi connectivity index (χ4n) is 2.78. The highest BCUT2D eigenvalue weighted by molar-refractivity contribution is 5.80. The van der Waals surface area contributed by atoms with Gasteiger partial charge in [0.15, 0.2) is 0 Å². The molecule has 1 saturated heterocycles. The first-order valence-electron chi connectivity index (χ1n) is 7.93. The van der Waals surface area contributed by atoms with Crippen LogP contribution in [-0.4, -0.2) is 54.5 Å². The van der Waals surface area contributed by atoms with Gasteiger partial charge in [0.05, 0.1) is 6.04 Å². The number of likely N-dealkylation sites (N-methyl/N-ethyl adjacent to an activating group) is 1. The molecule has 126 valence electrons. The van der Waals surface area contributed by atoms with E-state index >= 15 is 0 Å². The highest BCUT2D eigenvalue weighted by Crippen LogP contribution is 2.18. The predicted octanol–water partition coefficient (Wildman–Crippen LogP) is 1.45. The van der Waals surface area contributed by atoms with Crippen LogP contribution in [0.1, 0.15) is 18.9 Å². The van der Waals surface area contributed by atoms with Crippen molar-refractivity contribution in [1.82, 2.24) is 9.80 Å². The third-order valence-electron chi connectivity index (χ3n) is 4.05. The maximum Gasteiger partial charge on any atom is 0.410 e. The SMILES string of the molecule is C[C@H](N)C(=O)N(C)C[C@H]1CCN(C(=O)OCc2ccccc2)C1. The lowest BCUT2D eigenvalue weighted by Gasteiger charge is -2.23. The smallest absolute Gasteiger partial charge is 0.410 e. The Hall–Kier alpha value is -2.08. The van der Waals surface area contributed by atoms with E-state index in [9.17, 15) is 9.59 Å². The molecule has 2 amide bonds. The van der Waals surface area contributed by atoms with Crippen molar-refractivity contribution >= 4 is 12.0 Å². The van der Waals surface area contributed by atoms with Crippen molar-refractivity contribution in [2.24, 2.45) is 11.7 Å². The summed E-state index contributed by atoms with van der Waals surface area (Å²) in [7, 11) is 1.75. The van der Waals surface area contributed by atoms with E-state index in [1.54, 1.807) is 23.8 Å². The molecule has 1 aliphatic rings. The predicted molar refractivity (Wildman–Crippen MR) is 87.6 cm³/mol. The van der Waals surface area contributed by atoms with Gasteiger partial charge in [0, 0.05) is 26.7 Å². The van der Waals surface area contributed by atoms with Crippen molar-refractivity contribution < 1.29 is 14.3 Å². The van der Waals surface area contributed by atoms with Crippen LogP contribution in [0.4, 0.5) is 4.79 Å². The molecular formula is C17H25N3O3. The van der Waals surface area contributed by atoms with Crippen LogP contribution in [0.2, 0.25) is 0 Å². The van der Waals surface area contributed by atoms with Gasteiger partial charge in [0.2, 0.25) is 5.91 Å². The minimum Gasteiger partial charge on any atom is -0.445 e. The zero-order valence-corrected chi connectivity index (χ0v) is 13.8. The Morgan fingerprint density at radius 2 is 2.09 bits per heavy atom. The normalized spacial score (nSPS) is 18.6. The van der Waals surface area contributed by atoms with Crippen LogP contribution in [0, 0.1) is 5.92 Å². The third kappa shape index (κ3) is 4.96. The second-order valence-corrected chi connectivity index (χ2v) is 6.15. The zero-order chi connectivity index (χ0) is 16.8.